The molecule has 10 heavy (non-hydrogen) atoms. The van der Waals surface area contributed by atoms with Gasteiger partial charge >= 0.3 is 0 Å². The zero-order chi connectivity index (χ0) is 7.56. The highest BCUT2D eigenvalue weighted by atomic mass is 15.4. The Hall–Kier alpha value is -0.660. The molecule has 0 N–H and O–H groups in total. The van der Waals surface area contributed by atoms with E-state index in [2.05, 4.69) is 36.9 Å². The number of hydrogen-bond acceptors (Lipinski definition) is 2. The third kappa shape index (κ3) is 1.25. The fourth-order valence-electron chi connectivity index (χ4n) is 1.31. The molecule has 0 unspecified atom stereocenters. The van der Waals surface area contributed by atoms with Gasteiger partial charge in [-0.25, -0.2) is 0 Å². The Kier molecular flexibility index (Phi) is 2.20. The van der Waals surface area contributed by atoms with Crippen LogP contribution in [0.25, 0.3) is 0 Å². The zero-order valence-electron chi connectivity index (χ0n) is 7.09. The summed E-state index contributed by atoms with van der Waals surface area (Å²) in [5.74, 6) is 1.38. The van der Waals surface area contributed by atoms with Gasteiger partial charge in [-0.2, -0.15) is 0 Å². The van der Waals surface area contributed by atoms with Gasteiger partial charge in [-0.05, 0) is 12.5 Å². The molecule has 0 aromatic carbocycles. The van der Waals surface area contributed by atoms with E-state index < -0.39 is 0 Å². The van der Waals surface area contributed by atoms with Crippen molar-refractivity contribution >= 4 is 0 Å². The van der Waals surface area contributed by atoms with Crippen LogP contribution >= 0.6 is 0 Å². The molecule has 1 aliphatic rings. The summed E-state index contributed by atoms with van der Waals surface area (Å²) in [5.41, 5.74) is 0. The standard InChI is InChI=1S/C8H16N2/c1-4-5-8-9(2)6-7-10(8)3/h5H,4,6-7H2,1-3H3. The number of allylic oxidation sites excluding steroid dienone is 1. The second kappa shape index (κ2) is 2.95. The van der Waals surface area contributed by atoms with Gasteiger partial charge in [0.1, 0.15) is 0 Å². The minimum Gasteiger partial charge on any atom is -0.360 e. The monoisotopic (exact) mass is 140 g/mol. The van der Waals surface area contributed by atoms with Gasteiger partial charge in [0.15, 0.2) is 0 Å². The third-order valence-corrected chi connectivity index (χ3v) is 1.94. The van der Waals surface area contributed by atoms with E-state index in [0.717, 1.165) is 6.42 Å². The molecule has 0 saturated carbocycles. The number of nitrogens with zero attached hydrogens (tertiary/aromatic N) is 2. The van der Waals surface area contributed by atoms with Crippen LogP contribution in [0.3, 0.4) is 0 Å². The van der Waals surface area contributed by atoms with Crippen molar-refractivity contribution in [2.24, 2.45) is 0 Å². The van der Waals surface area contributed by atoms with Crippen molar-refractivity contribution in [3.05, 3.63) is 11.9 Å². The molecule has 0 bridgehead atoms. The van der Waals surface area contributed by atoms with Crippen molar-refractivity contribution in [1.29, 1.82) is 0 Å². The molecule has 1 saturated heterocycles. The van der Waals surface area contributed by atoms with Crippen LogP contribution < -0.4 is 0 Å². The van der Waals surface area contributed by atoms with Crippen LogP contribution in [-0.4, -0.2) is 37.0 Å². The van der Waals surface area contributed by atoms with Gasteiger partial charge in [-0.3, -0.25) is 0 Å². The molecule has 0 spiro atoms. The van der Waals surface area contributed by atoms with Gasteiger partial charge in [0.25, 0.3) is 0 Å². The van der Waals surface area contributed by atoms with E-state index in [1.807, 2.05) is 0 Å². The van der Waals surface area contributed by atoms with E-state index >= 15 is 0 Å². The molecule has 0 aromatic heterocycles. The Bertz CT molecular complexity index is 128. The maximum absolute atomic E-state index is 2.30. The average Bonchev–Trinajstić information content (AvgIpc) is 2.20. The van der Waals surface area contributed by atoms with Crippen LogP contribution in [0.15, 0.2) is 11.9 Å². The maximum atomic E-state index is 2.30. The first kappa shape index (κ1) is 7.45. The van der Waals surface area contributed by atoms with E-state index in [9.17, 15) is 0 Å². The highest BCUT2D eigenvalue weighted by Gasteiger charge is 2.16. The van der Waals surface area contributed by atoms with Crippen molar-refractivity contribution in [3.63, 3.8) is 0 Å². The van der Waals surface area contributed by atoms with Crippen molar-refractivity contribution in [2.75, 3.05) is 27.2 Å². The van der Waals surface area contributed by atoms with Gasteiger partial charge in [0.2, 0.25) is 0 Å². The molecule has 0 aliphatic carbocycles. The topological polar surface area (TPSA) is 6.48 Å². The lowest BCUT2D eigenvalue weighted by Gasteiger charge is -2.16. The lowest BCUT2D eigenvalue weighted by Crippen LogP contribution is -2.15. The minimum atomic E-state index is 1.13. The summed E-state index contributed by atoms with van der Waals surface area (Å²) in [6.45, 7) is 4.51. The lowest BCUT2D eigenvalue weighted by molar-refractivity contribution is 0.420. The second-order valence-corrected chi connectivity index (χ2v) is 2.81. The Labute approximate surface area is 63.1 Å². The summed E-state index contributed by atoms with van der Waals surface area (Å²) in [4.78, 5) is 4.59. The summed E-state index contributed by atoms with van der Waals surface area (Å²) in [6, 6.07) is 0. The van der Waals surface area contributed by atoms with Crippen molar-refractivity contribution in [3.8, 4) is 0 Å². The van der Waals surface area contributed by atoms with E-state index in [1.54, 1.807) is 0 Å². The fourth-order valence-corrected chi connectivity index (χ4v) is 1.31. The molecule has 1 fully saturated rings. The summed E-state index contributed by atoms with van der Waals surface area (Å²) >= 11 is 0. The van der Waals surface area contributed by atoms with Gasteiger partial charge in [-0.1, -0.05) is 6.92 Å². The highest BCUT2D eigenvalue weighted by Crippen LogP contribution is 2.13. The normalized spacial score (nSPS) is 18.5. The summed E-state index contributed by atoms with van der Waals surface area (Å²) in [5, 5.41) is 0. The summed E-state index contributed by atoms with van der Waals surface area (Å²) < 4.78 is 0. The SMILES string of the molecule is CCC=C1N(C)CCN1C. The summed E-state index contributed by atoms with van der Waals surface area (Å²) in [6.07, 6.45) is 3.40. The van der Waals surface area contributed by atoms with Gasteiger partial charge in [0, 0.05) is 27.2 Å². The van der Waals surface area contributed by atoms with Crippen LogP contribution in [0, 0.1) is 0 Å². The molecule has 2 nitrogen and oxygen atoms in total. The van der Waals surface area contributed by atoms with Gasteiger partial charge in [0.05, 0.1) is 5.82 Å². The molecular weight excluding hydrogens is 124 g/mol. The van der Waals surface area contributed by atoms with Crippen molar-refractivity contribution in [1.82, 2.24) is 9.80 Å². The Balaban J connectivity index is 2.62. The van der Waals surface area contributed by atoms with E-state index in [-0.39, 0.29) is 0 Å². The zero-order valence-corrected chi connectivity index (χ0v) is 7.09. The van der Waals surface area contributed by atoms with Crippen LogP contribution in [0.1, 0.15) is 13.3 Å². The quantitative estimate of drug-likeness (QED) is 0.538. The first-order chi connectivity index (χ1) is 4.75. The second-order valence-electron chi connectivity index (χ2n) is 2.81. The van der Waals surface area contributed by atoms with E-state index in [0.29, 0.717) is 0 Å². The van der Waals surface area contributed by atoms with Gasteiger partial charge < -0.3 is 9.80 Å². The van der Waals surface area contributed by atoms with Crippen molar-refractivity contribution in [2.45, 2.75) is 13.3 Å². The molecular formula is C8H16N2. The van der Waals surface area contributed by atoms with Crippen LogP contribution in [0.4, 0.5) is 0 Å². The van der Waals surface area contributed by atoms with Crippen LogP contribution in [0.5, 0.6) is 0 Å². The van der Waals surface area contributed by atoms with Gasteiger partial charge in [-0.15, -0.1) is 0 Å². The number of rotatable bonds is 1. The molecule has 1 aliphatic heterocycles. The number of likely N-dealkylation sites (N-methyl/N-ethyl adjacent to an activating group) is 2. The molecule has 0 aromatic rings. The molecule has 0 amide bonds. The van der Waals surface area contributed by atoms with Crippen molar-refractivity contribution < 1.29 is 0 Å². The first-order valence-electron chi connectivity index (χ1n) is 3.88. The predicted octanol–water partition coefficient (Wildman–Crippen LogP) is 1.12. The molecule has 0 radical (unpaired) electrons. The fraction of sp³-hybridized carbons (Fsp3) is 0.750. The Morgan fingerprint density at radius 2 is 1.80 bits per heavy atom. The smallest absolute Gasteiger partial charge is 0.0993 e. The largest absolute Gasteiger partial charge is 0.360 e. The average molecular weight is 140 g/mol. The molecule has 1 rings (SSSR count). The molecule has 58 valence electrons. The Morgan fingerprint density at radius 1 is 1.30 bits per heavy atom. The lowest BCUT2D eigenvalue weighted by atomic mass is 10.4. The molecule has 1 heterocycles. The minimum absolute atomic E-state index is 1.13. The summed E-state index contributed by atoms with van der Waals surface area (Å²) in [7, 11) is 4.29. The highest BCUT2D eigenvalue weighted by molar-refractivity contribution is 5.03. The third-order valence-electron chi connectivity index (χ3n) is 1.94. The van der Waals surface area contributed by atoms with E-state index in [1.165, 1.54) is 18.9 Å². The Morgan fingerprint density at radius 3 is 2.20 bits per heavy atom. The number of hydrogen-bond donors (Lipinski definition) is 0. The van der Waals surface area contributed by atoms with E-state index in [4.69, 9.17) is 0 Å². The van der Waals surface area contributed by atoms with Crippen LogP contribution in [0.2, 0.25) is 0 Å². The first-order valence-corrected chi connectivity index (χ1v) is 3.88. The molecule has 2 heteroatoms. The van der Waals surface area contributed by atoms with Crippen LogP contribution in [-0.2, 0) is 0 Å². The molecule has 0 atom stereocenters. The predicted molar refractivity (Wildman–Crippen MR) is 43.6 cm³/mol. The maximum Gasteiger partial charge on any atom is 0.0993 e.